The molecule has 1 aliphatic heterocycles. The molecule has 4 nitrogen and oxygen atoms in total. The van der Waals surface area contributed by atoms with E-state index in [2.05, 4.69) is 22.1 Å². The van der Waals surface area contributed by atoms with Crippen molar-refractivity contribution in [1.29, 1.82) is 0 Å². The molecule has 0 bridgehead atoms. The van der Waals surface area contributed by atoms with Crippen LogP contribution in [0.5, 0.6) is 5.88 Å². The third kappa shape index (κ3) is 5.25. The van der Waals surface area contributed by atoms with Crippen molar-refractivity contribution in [3.63, 3.8) is 0 Å². The van der Waals surface area contributed by atoms with Crippen molar-refractivity contribution in [3.05, 3.63) is 23.6 Å². The molecule has 21 heavy (non-hydrogen) atoms. The van der Waals surface area contributed by atoms with Gasteiger partial charge in [0.2, 0.25) is 0 Å². The maximum atomic E-state index is 14.2. The van der Waals surface area contributed by atoms with E-state index in [4.69, 9.17) is 4.74 Å². The van der Waals surface area contributed by atoms with E-state index in [1.54, 1.807) is 12.3 Å². The lowest BCUT2D eigenvalue weighted by molar-refractivity contribution is 0.177. The highest BCUT2D eigenvalue weighted by Crippen LogP contribution is 2.17. The number of likely N-dealkylation sites (tertiary alicyclic amines) is 1. The first-order valence-corrected chi connectivity index (χ1v) is 8.00. The Morgan fingerprint density at radius 1 is 1.33 bits per heavy atom. The summed E-state index contributed by atoms with van der Waals surface area (Å²) in [6.45, 7) is 7.08. The molecule has 0 radical (unpaired) electrons. The maximum Gasteiger partial charge on any atom is 0.250 e. The van der Waals surface area contributed by atoms with Gasteiger partial charge in [0, 0.05) is 24.8 Å². The fraction of sp³-hybridized carbons (Fsp3) is 0.688. The van der Waals surface area contributed by atoms with Crippen LogP contribution in [0, 0.1) is 5.82 Å². The van der Waals surface area contributed by atoms with Gasteiger partial charge in [0.15, 0.2) is 5.82 Å². The summed E-state index contributed by atoms with van der Waals surface area (Å²) in [5, 5.41) is 3.20. The predicted octanol–water partition coefficient (Wildman–Crippen LogP) is 2.59. The van der Waals surface area contributed by atoms with Crippen molar-refractivity contribution in [3.8, 4) is 5.88 Å². The highest BCUT2D eigenvalue weighted by molar-refractivity contribution is 5.23. The Morgan fingerprint density at radius 3 is 2.90 bits per heavy atom. The number of hydrogen-bond acceptors (Lipinski definition) is 4. The van der Waals surface area contributed by atoms with Crippen LogP contribution in [0.2, 0.25) is 0 Å². The van der Waals surface area contributed by atoms with Gasteiger partial charge >= 0.3 is 0 Å². The predicted molar refractivity (Wildman–Crippen MR) is 82.0 cm³/mol. The van der Waals surface area contributed by atoms with E-state index in [1.165, 1.54) is 19.3 Å². The summed E-state index contributed by atoms with van der Waals surface area (Å²) in [5.74, 6) is -0.206. The lowest BCUT2D eigenvalue weighted by Crippen LogP contribution is -2.33. The molecule has 2 heterocycles. The average Bonchev–Trinajstić information content (AvgIpc) is 2.52. The van der Waals surface area contributed by atoms with Gasteiger partial charge in [-0.15, -0.1) is 0 Å². The first kappa shape index (κ1) is 16.2. The van der Waals surface area contributed by atoms with Crippen LogP contribution in [0.25, 0.3) is 0 Å². The molecule has 0 spiro atoms. The van der Waals surface area contributed by atoms with Crippen molar-refractivity contribution in [2.45, 2.75) is 39.2 Å². The van der Waals surface area contributed by atoms with Crippen LogP contribution < -0.4 is 10.1 Å². The highest BCUT2D eigenvalue weighted by atomic mass is 19.1. The molecule has 1 aromatic heterocycles. The van der Waals surface area contributed by atoms with Gasteiger partial charge in [-0.2, -0.15) is 0 Å². The zero-order valence-corrected chi connectivity index (χ0v) is 12.9. The van der Waals surface area contributed by atoms with E-state index in [1.807, 2.05) is 0 Å². The third-order valence-corrected chi connectivity index (χ3v) is 3.77. The van der Waals surface area contributed by atoms with E-state index in [0.29, 0.717) is 18.7 Å². The Balaban J connectivity index is 1.80. The molecule has 1 aromatic rings. The number of piperidine rings is 1. The van der Waals surface area contributed by atoms with Crippen molar-refractivity contribution < 1.29 is 9.13 Å². The molecule has 1 N–H and O–H groups in total. The lowest BCUT2D eigenvalue weighted by Gasteiger charge is -2.26. The van der Waals surface area contributed by atoms with Gasteiger partial charge in [-0.1, -0.05) is 13.3 Å². The molecule has 2 rings (SSSR count). The molecule has 0 saturated carbocycles. The molecule has 0 atom stereocenters. The molecule has 5 heteroatoms. The SMILES string of the molecule is CCCNCc1ccnc(OCCN2CCCCC2)c1F. The van der Waals surface area contributed by atoms with Crippen LogP contribution >= 0.6 is 0 Å². The fourth-order valence-corrected chi connectivity index (χ4v) is 2.55. The number of hydrogen-bond donors (Lipinski definition) is 1. The molecule has 1 aliphatic rings. The number of aromatic nitrogens is 1. The van der Waals surface area contributed by atoms with Crippen molar-refractivity contribution in [2.75, 3.05) is 32.8 Å². The summed E-state index contributed by atoms with van der Waals surface area (Å²) >= 11 is 0. The van der Waals surface area contributed by atoms with Gasteiger partial charge in [-0.3, -0.25) is 4.90 Å². The van der Waals surface area contributed by atoms with Crippen LogP contribution in [-0.2, 0) is 6.54 Å². The Bertz CT molecular complexity index is 422. The molecule has 0 unspecified atom stereocenters. The molecule has 0 aromatic carbocycles. The van der Waals surface area contributed by atoms with Crippen molar-refractivity contribution >= 4 is 0 Å². The largest absolute Gasteiger partial charge is 0.474 e. The second-order valence-electron chi connectivity index (χ2n) is 5.52. The number of halogens is 1. The molecule has 118 valence electrons. The second kappa shape index (κ2) is 8.95. The van der Waals surface area contributed by atoms with E-state index >= 15 is 0 Å². The Kier molecular flexibility index (Phi) is 6.89. The molecule has 1 fully saturated rings. The van der Waals surface area contributed by atoms with Crippen molar-refractivity contribution in [1.82, 2.24) is 15.2 Å². The van der Waals surface area contributed by atoms with Crippen LogP contribution in [-0.4, -0.2) is 42.7 Å². The van der Waals surface area contributed by atoms with Gasteiger partial charge < -0.3 is 10.1 Å². The molecular formula is C16H26FN3O. The first-order chi connectivity index (χ1) is 10.3. The Hall–Kier alpha value is -1.20. The zero-order chi connectivity index (χ0) is 14.9. The minimum atomic E-state index is -0.334. The number of ether oxygens (including phenoxy) is 1. The van der Waals surface area contributed by atoms with Crippen LogP contribution in [0.1, 0.15) is 38.2 Å². The van der Waals surface area contributed by atoms with Crippen LogP contribution in [0.4, 0.5) is 4.39 Å². The third-order valence-electron chi connectivity index (χ3n) is 3.77. The lowest BCUT2D eigenvalue weighted by atomic mass is 10.1. The Morgan fingerprint density at radius 2 is 2.14 bits per heavy atom. The summed E-state index contributed by atoms with van der Waals surface area (Å²) in [6, 6.07) is 1.70. The van der Waals surface area contributed by atoms with Gasteiger partial charge in [0.25, 0.3) is 5.88 Å². The fourth-order valence-electron chi connectivity index (χ4n) is 2.55. The number of nitrogens with zero attached hydrogens (tertiary/aromatic N) is 2. The van der Waals surface area contributed by atoms with E-state index in [-0.39, 0.29) is 11.7 Å². The van der Waals surface area contributed by atoms with E-state index < -0.39 is 0 Å². The minimum absolute atomic E-state index is 0.128. The van der Waals surface area contributed by atoms with Crippen molar-refractivity contribution in [2.24, 2.45) is 0 Å². The highest BCUT2D eigenvalue weighted by Gasteiger charge is 2.13. The average molecular weight is 295 g/mol. The van der Waals surface area contributed by atoms with Gasteiger partial charge in [-0.25, -0.2) is 9.37 Å². The standard InChI is InChI=1S/C16H26FN3O/c1-2-7-18-13-14-6-8-19-16(15(14)17)21-12-11-20-9-4-3-5-10-20/h6,8,18H,2-5,7,9-13H2,1H3. The normalized spacial score (nSPS) is 16.1. The topological polar surface area (TPSA) is 37.4 Å². The van der Waals surface area contributed by atoms with Gasteiger partial charge in [0.05, 0.1) is 0 Å². The van der Waals surface area contributed by atoms with E-state index in [9.17, 15) is 4.39 Å². The summed E-state index contributed by atoms with van der Waals surface area (Å²) in [4.78, 5) is 6.38. The first-order valence-electron chi connectivity index (χ1n) is 8.00. The van der Waals surface area contributed by atoms with Gasteiger partial charge in [0.1, 0.15) is 6.61 Å². The molecule has 1 saturated heterocycles. The second-order valence-corrected chi connectivity index (χ2v) is 5.52. The minimum Gasteiger partial charge on any atom is -0.474 e. The maximum absolute atomic E-state index is 14.2. The number of rotatable bonds is 8. The number of pyridine rings is 1. The summed E-state index contributed by atoms with van der Waals surface area (Å²) < 4.78 is 19.8. The zero-order valence-electron chi connectivity index (χ0n) is 12.9. The summed E-state index contributed by atoms with van der Waals surface area (Å²) in [6.07, 6.45) is 6.48. The molecule has 0 amide bonds. The summed E-state index contributed by atoms with van der Waals surface area (Å²) in [5.41, 5.74) is 0.617. The quantitative estimate of drug-likeness (QED) is 0.748. The van der Waals surface area contributed by atoms with E-state index in [0.717, 1.165) is 32.6 Å². The molecular weight excluding hydrogens is 269 g/mol. The smallest absolute Gasteiger partial charge is 0.250 e. The van der Waals surface area contributed by atoms with Gasteiger partial charge in [-0.05, 0) is 45.0 Å². The summed E-state index contributed by atoms with van der Waals surface area (Å²) in [7, 11) is 0. The van der Waals surface area contributed by atoms with Crippen LogP contribution in [0.3, 0.4) is 0 Å². The Labute approximate surface area is 126 Å². The van der Waals surface area contributed by atoms with Crippen LogP contribution in [0.15, 0.2) is 12.3 Å². The monoisotopic (exact) mass is 295 g/mol. The molecule has 0 aliphatic carbocycles. The number of nitrogens with one attached hydrogen (secondary N) is 1.